The van der Waals surface area contributed by atoms with Crippen molar-refractivity contribution >= 4 is 43.9 Å². The lowest BCUT2D eigenvalue weighted by atomic mass is 10.1. The van der Waals surface area contributed by atoms with Crippen molar-refractivity contribution < 1.29 is 13.5 Å². The maximum Gasteiger partial charge on any atom is 0.243 e. The number of phenols is 1. The van der Waals surface area contributed by atoms with Crippen LogP contribution in [0.25, 0.3) is 27.6 Å². The van der Waals surface area contributed by atoms with Gasteiger partial charge in [0.15, 0.2) is 4.96 Å². The summed E-state index contributed by atoms with van der Waals surface area (Å²) in [6, 6.07) is 14.9. The van der Waals surface area contributed by atoms with Crippen LogP contribution in [0.2, 0.25) is 5.02 Å². The minimum atomic E-state index is -3.65. The highest BCUT2D eigenvalue weighted by Gasteiger charge is 2.31. The largest absolute Gasteiger partial charge is 0.507 e. The molecule has 3 aromatic heterocycles. The lowest BCUT2D eigenvalue weighted by Gasteiger charge is -2.32. The molecule has 0 aliphatic carbocycles. The van der Waals surface area contributed by atoms with Crippen LogP contribution in [-0.2, 0) is 10.0 Å². The molecule has 38 heavy (non-hydrogen) atoms. The number of anilines is 1. The van der Waals surface area contributed by atoms with Crippen molar-refractivity contribution in [1.29, 1.82) is 0 Å². The topological polar surface area (TPSA) is 113 Å². The van der Waals surface area contributed by atoms with Crippen molar-refractivity contribution in [2.75, 3.05) is 18.4 Å². The van der Waals surface area contributed by atoms with Crippen molar-refractivity contribution in [1.82, 2.24) is 23.7 Å². The Kier molecular flexibility index (Phi) is 6.52. The molecule has 0 amide bonds. The number of phenolic OH excluding ortho intramolecular Hbond substituents is 1. The van der Waals surface area contributed by atoms with E-state index in [0.29, 0.717) is 47.4 Å². The van der Waals surface area contributed by atoms with E-state index in [1.54, 1.807) is 36.5 Å². The number of aromatic hydroxyl groups is 1. The van der Waals surface area contributed by atoms with Gasteiger partial charge in [0.2, 0.25) is 16.0 Å². The summed E-state index contributed by atoms with van der Waals surface area (Å²) in [4.78, 5) is 14.9. The number of fused-ring (bicyclic) bond motifs is 1. The van der Waals surface area contributed by atoms with Crippen LogP contribution in [0.4, 0.5) is 5.95 Å². The average molecular weight is 567 g/mol. The summed E-state index contributed by atoms with van der Waals surface area (Å²) in [5, 5.41) is 16.3. The molecule has 0 spiro atoms. The Balaban J connectivity index is 1.28. The molecule has 5 aromatic rings. The smallest absolute Gasteiger partial charge is 0.243 e. The van der Waals surface area contributed by atoms with Crippen LogP contribution in [0.5, 0.6) is 5.75 Å². The molecule has 0 radical (unpaired) electrons. The molecule has 0 bridgehead atoms. The third-order valence-corrected chi connectivity index (χ3v) is 9.38. The third-order valence-electron chi connectivity index (χ3n) is 6.49. The highest BCUT2D eigenvalue weighted by Crippen LogP contribution is 2.37. The van der Waals surface area contributed by atoms with E-state index in [9.17, 15) is 13.5 Å². The predicted octanol–water partition coefficient (Wildman–Crippen LogP) is 5.14. The van der Waals surface area contributed by atoms with Crippen LogP contribution in [0.3, 0.4) is 0 Å². The fraction of sp³-hybridized carbons (Fsp3) is 0.192. The molecular formula is C26H23ClN6O3S2. The molecule has 194 valence electrons. The summed E-state index contributed by atoms with van der Waals surface area (Å²) >= 11 is 7.43. The standard InChI is InChI=1S/C26H23ClN6O3S2/c27-17-7-9-19(10-8-17)38(35,36)32-13-3-4-18(16-32)29-25-28-12-11-21(30-25)24-23(20-5-1-2-6-22(20)34)31-26-33(24)14-15-37-26/h1-2,5-12,14-15,18,34H,3-4,13,16H2,(H,28,29,30)/t18-/m1/s1. The summed E-state index contributed by atoms with van der Waals surface area (Å²) in [7, 11) is -3.65. The van der Waals surface area contributed by atoms with Crippen molar-refractivity contribution in [2.24, 2.45) is 0 Å². The zero-order chi connectivity index (χ0) is 26.3. The number of imidazole rings is 1. The van der Waals surface area contributed by atoms with E-state index in [4.69, 9.17) is 21.6 Å². The van der Waals surface area contributed by atoms with Gasteiger partial charge >= 0.3 is 0 Å². The number of nitrogens with one attached hydrogen (secondary N) is 1. The molecule has 9 nitrogen and oxygen atoms in total. The molecular weight excluding hydrogens is 544 g/mol. The Labute approximate surface area is 228 Å². The fourth-order valence-electron chi connectivity index (χ4n) is 4.67. The summed E-state index contributed by atoms with van der Waals surface area (Å²) in [5.41, 5.74) is 2.61. The van der Waals surface area contributed by atoms with Crippen LogP contribution >= 0.6 is 22.9 Å². The maximum atomic E-state index is 13.2. The van der Waals surface area contributed by atoms with Crippen molar-refractivity contribution in [3.63, 3.8) is 0 Å². The number of sulfonamides is 1. The molecule has 1 fully saturated rings. The summed E-state index contributed by atoms with van der Waals surface area (Å²) in [6.45, 7) is 0.739. The normalized spacial score (nSPS) is 16.6. The van der Waals surface area contributed by atoms with Crippen LogP contribution < -0.4 is 5.32 Å². The average Bonchev–Trinajstić information content (AvgIpc) is 3.51. The summed E-state index contributed by atoms with van der Waals surface area (Å²) in [5.74, 6) is 0.530. The minimum Gasteiger partial charge on any atom is -0.507 e. The highest BCUT2D eigenvalue weighted by atomic mass is 35.5. The van der Waals surface area contributed by atoms with Gasteiger partial charge < -0.3 is 10.4 Å². The van der Waals surface area contributed by atoms with Crippen LogP contribution in [0.1, 0.15) is 12.8 Å². The molecule has 4 heterocycles. The van der Waals surface area contributed by atoms with Gasteiger partial charge in [-0.05, 0) is 55.3 Å². The zero-order valence-corrected chi connectivity index (χ0v) is 22.4. The molecule has 6 rings (SSSR count). The van der Waals surface area contributed by atoms with E-state index in [1.807, 2.05) is 28.1 Å². The fourth-order valence-corrected chi connectivity index (χ4v) is 7.03. The molecule has 2 aromatic carbocycles. The molecule has 0 unspecified atom stereocenters. The first kappa shape index (κ1) is 24.8. The van der Waals surface area contributed by atoms with Crippen molar-refractivity contribution in [3.05, 3.63) is 77.4 Å². The Morgan fingerprint density at radius 2 is 1.89 bits per heavy atom. The molecule has 1 aliphatic rings. The van der Waals surface area contributed by atoms with Gasteiger partial charge in [0, 0.05) is 47.5 Å². The molecule has 2 N–H and O–H groups in total. The number of halogens is 1. The van der Waals surface area contributed by atoms with E-state index in [1.165, 1.54) is 27.8 Å². The van der Waals surface area contributed by atoms with Crippen molar-refractivity contribution in [2.45, 2.75) is 23.8 Å². The number of aromatic nitrogens is 4. The summed E-state index contributed by atoms with van der Waals surface area (Å²) < 4.78 is 29.8. The molecule has 0 saturated carbocycles. The van der Waals surface area contributed by atoms with E-state index >= 15 is 0 Å². The number of piperidine rings is 1. The Bertz CT molecular complexity index is 1720. The number of rotatable bonds is 6. The van der Waals surface area contributed by atoms with Crippen LogP contribution in [-0.4, -0.2) is 56.3 Å². The number of thiazole rings is 1. The SMILES string of the molecule is O=S(=O)(c1ccc(Cl)cc1)N1CCC[C@@H](Nc2nccc(-c3c(-c4ccccc4O)nc4sccn34)n2)C1. The Morgan fingerprint density at radius 3 is 2.71 bits per heavy atom. The van der Waals surface area contributed by atoms with Gasteiger partial charge in [-0.3, -0.25) is 4.40 Å². The number of hydrogen-bond donors (Lipinski definition) is 2. The molecule has 12 heteroatoms. The lowest BCUT2D eigenvalue weighted by Crippen LogP contribution is -2.45. The first-order chi connectivity index (χ1) is 18.4. The highest BCUT2D eigenvalue weighted by molar-refractivity contribution is 7.89. The first-order valence-corrected chi connectivity index (χ1v) is 14.7. The second kappa shape index (κ2) is 9.99. The minimum absolute atomic E-state index is 0.135. The van der Waals surface area contributed by atoms with Crippen LogP contribution in [0.15, 0.2) is 77.3 Å². The number of benzene rings is 2. The van der Waals surface area contributed by atoms with Gasteiger partial charge in [0.05, 0.1) is 10.6 Å². The molecule has 1 saturated heterocycles. The zero-order valence-electron chi connectivity index (χ0n) is 20.0. The second-order valence-electron chi connectivity index (χ2n) is 8.95. The van der Waals surface area contributed by atoms with Crippen LogP contribution in [0, 0.1) is 0 Å². The quantitative estimate of drug-likeness (QED) is 0.292. The van der Waals surface area contributed by atoms with Gasteiger partial charge in [-0.2, -0.15) is 4.31 Å². The monoisotopic (exact) mass is 566 g/mol. The van der Waals surface area contributed by atoms with Gasteiger partial charge in [-0.15, -0.1) is 11.3 Å². The van der Waals surface area contributed by atoms with Gasteiger partial charge in [-0.1, -0.05) is 23.7 Å². The van der Waals surface area contributed by atoms with E-state index in [2.05, 4.69) is 10.3 Å². The molecule has 1 aliphatic heterocycles. The van der Waals surface area contributed by atoms with Gasteiger partial charge in [0.1, 0.15) is 17.1 Å². The van der Waals surface area contributed by atoms with Gasteiger partial charge in [-0.25, -0.2) is 23.4 Å². The number of hydrogen-bond acceptors (Lipinski definition) is 8. The Morgan fingerprint density at radius 1 is 1.08 bits per heavy atom. The maximum absolute atomic E-state index is 13.2. The van der Waals surface area contributed by atoms with Gasteiger partial charge in [0.25, 0.3) is 0 Å². The Hall–Kier alpha value is -3.51. The number of para-hydroxylation sites is 1. The van der Waals surface area contributed by atoms with E-state index in [0.717, 1.165) is 17.1 Å². The second-order valence-corrected chi connectivity index (χ2v) is 12.2. The first-order valence-electron chi connectivity index (χ1n) is 12.0. The van der Waals surface area contributed by atoms with Crippen molar-refractivity contribution in [3.8, 4) is 28.4 Å². The number of nitrogens with zero attached hydrogens (tertiary/aromatic N) is 5. The lowest BCUT2D eigenvalue weighted by molar-refractivity contribution is 0.326. The summed E-state index contributed by atoms with van der Waals surface area (Å²) in [6.07, 6.45) is 5.07. The predicted molar refractivity (Wildman–Crippen MR) is 148 cm³/mol. The molecule has 1 atom stereocenters. The third kappa shape index (κ3) is 4.62. The van der Waals surface area contributed by atoms with E-state index < -0.39 is 10.0 Å². The van der Waals surface area contributed by atoms with E-state index in [-0.39, 0.29) is 16.7 Å².